The second-order valence-corrected chi connectivity index (χ2v) is 13.5. The molecule has 0 aromatic rings. The lowest BCUT2D eigenvalue weighted by molar-refractivity contribution is 0.736. The minimum atomic E-state index is -0.988. The molecule has 0 rings (SSSR count). The van der Waals surface area contributed by atoms with Gasteiger partial charge >= 0.3 is 0 Å². The lowest BCUT2D eigenvalue weighted by atomic mass is 10.2. The van der Waals surface area contributed by atoms with Crippen LogP contribution in [0.3, 0.4) is 0 Å². The van der Waals surface area contributed by atoms with Crippen molar-refractivity contribution in [1.82, 2.24) is 0 Å². The van der Waals surface area contributed by atoms with Gasteiger partial charge in [0.2, 0.25) is 0 Å². The van der Waals surface area contributed by atoms with E-state index in [1.807, 2.05) is 0 Å². The van der Waals surface area contributed by atoms with Crippen LogP contribution in [-0.4, -0.2) is 13.0 Å². The van der Waals surface area contributed by atoms with Gasteiger partial charge in [0, 0.05) is 0 Å². The fraction of sp³-hybridized carbons (Fsp3) is 1.00. The Hall–Kier alpha value is 0.567. The van der Waals surface area contributed by atoms with E-state index in [1.54, 1.807) is 0 Å². The summed E-state index contributed by atoms with van der Waals surface area (Å²) in [5.41, 5.74) is 0. The quantitative estimate of drug-likeness (QED) is 0.578. The Morgan fingerprint density at radius 1 is 1.20 bits per heavy atom. The van der Waals surface area contributed by atoms with Gasteiger partial charge in [0.1, 0.15) is 7.22 Å². The average molecular weight is 176 g/mol. The van der Waals surface area contributed by atoms with Crippen LogP contribution in [0, 0.1) is 0 Å². The van der Waals surface area contributed by atoms with E-state index < -0.39 is 7.22 Å². The molecule has 0 amide bonds. The average Bonchev–Trinajstić information content (AvgIpc) is 1.61. The maximum atomic E-state index is 2.46. The summed E-state index contributed by atoms with van der Waals surface area (Å²) in [6.07, 6.45) is 0. The van der Waals surface area contributed by atoms with Crippen molar-refractivity contribution in [3.63, 3.8) is 0 Å². The van der Waals surface area contributed by atoms with Crippen molar-refractivity contribution in [2.24, 2.45) is 0 Å². The van der Waals surface area contributed by atoms with Crippen LogP contribution < -0.4 is 0 Å². The predicted molar refractivity (Wildman–Crippen MR) is 55.3 cm³/mol. The number of rotatable bonds is 2. The van der Waals surface area contributed by atoms with Crippen LogP contribution in [0.5, 0.6) is 0 Å². The molecule has 0 fully saturated rings. The van der Waals surface area contributed by atoms with Crippen LogP contribution in [0.4, 0.5) is 0 Å². The van der Waals surface area contributed by atoms with Gasteiger partial charge in [-0.1, -0.05) is 40.8 Å². The van der Waals surface area contributed by atoms with Crippen molar-refractivity contribution in [1.29, 1.82) is 0 Å². The third-order valence-corrected chi connectivity index (χ3v) is 11.8. The normalized spacial score (nSPS) is 13.8. The van der Waals surface area contributed by atoms with Gasteiger partial charge in [0.15, 0.2) is 0 Å². The third-order valence-electron chi connectivity index (χ3n) is 2.31. The zero-order valence-electron chi connectivity index (χ0n) is 8.12. The summed E-state index contributed by atoms with van der Waals surface area (Å²) < 4.78 is 0. The Bertz CT molecular complexity index is 102. The largest absolute Gasteiger partial charge is 0.185 e. The molecule has 0 atom stereocenters. The fourth-order valence-electron chi connectivity index (χ4n) is 0.577. The maximum Gasteiger partial charge on any atom is 0.116 e. The van der Waals surface area contributed by atoms with Crippen LogP contribution in [0.2, 0.25) is 18.1 Å². The van der Waals surface area contributed by atoms with E-state index in [-0.39, 0.29) is 0 Å². The highest BCUT2D eigenvalue weighted by Gasteiger charge is 2.34. The second kappa shape index (κ2) is 3.31. The van der Waals surface area contributed by atoms with Gasteiger partial charge in [-0.25, -0.2) is 0 Å². The molecule has 0 saturated heterocycles. The second-order valence-electron chi connectivity index (χ2n) is 4.19. The van der Waals surface area contributed by atoms with Gasteiger partial charge in [0.25, 0.3) is 0 Å². The van der Waals surface area contributed by atoms with Crippen LogP contribution in [-0.2, 0) is 0 Å². The van der Waals surface area contributed by atoms with E-state index in [9.17, 15) is 0 Å². The lowest BCUT2D eigenvalue weighted by Crippen LogP contribution is -2.33. The molecule has 0 spiro atoms. The zero-order valence-corrected chi connectivity index (χ0v) is 9.93. The Labute approximate surface area is 70.4 Å². The van der Waals surface area contributed by atoms with Gasteiger partial charge in [-0.05, 0) is 10.8 Å². The standard InChI is InChI=1S/C8H20SSi/c1-7-9-10(5,6)8(2,3)4/h7H2,1-6H3. The molecule has 0 radical (unpaired) electrons. The van der Waals surface area contributed by atoms with Gasteiger partial charge in [-0.2, -0.15) is 11.2 Å². The molecule has 0 bridgehead atoms. The molecular weight excluding hydrogens is 156 g/mol. The van der Waals surface area contributed by atoms with Crippen molar-refractivity contribution in [2.45, 2.75) is 45.8 Å². The van der Waals surface area contributed by atoms with Gasteiger partial charge in [-0.15, -0.1) is 0 Å². The first-order chi connectivity index (χ1) is 4.31. The van der Waals surface area contributed by atoms with E-state index in [0.29, 0.717) is 5.04 Å². The SMILES string of the molecule is CCS[Si](C)(C)C(C)(C)C. The van der Waals surface area contributed by atoms with E-state index >= 15 is 0 Å². The Kier molecular flexibility index (Phi) is 3.50. The molecule has 2 heteroatoms. The summed E-state index contributed by atoms with van der Waals surface area (Å²) in [4.78, 5) is 0. The molecule has 0 saturated carbocycles. The first-order valence-corrected chi connectivity index (χ1v) is 8.66. The van der Waals surface area contributed by atoms with Crippen LogP contribution in [0.25, 0.3) is 0 Å². The molecule has 0 nitrogen and oxygen atoms in total. The van der Waals surface area contributed by atoms with E-state index in [1.165, 1.54) is 5.75 Å². The summed E-state index contributed by atoms with van der Waals surface area (Å²) in [6, 6.07) is 0. The number of hydrogen-bond acceptors (Lipinski definition) is 1. The molecule has 0 aliphatic heterocycles. The van der Waals surface area contributed by atoms with E-state index in [2.05, 4.69) is 52.0 Å². The van der Waals surface area contributed by atoms with Crippen molar-refractivity contribution in [3.8, 4) is 0 Å². The summed E-state index contributed by atoms with van der Waals surface area (Å²) >= 11 is 2.18. The molecule has 62 valence electrons. The van der Waals surface area contributed by atoms with Crippen LogP contribution >= 0.6 is 11.2 Å². The third kappa shape index (κ3) is 2.66. The summed E-state index contributed by atoms with van der Waals surface area (Å²) in [6.45, 7) is 14.3. The first kappa shape index (κ1) is 10.6. The first-order valence-electron chi connectivity index (χ1n) is 3.95. The Balaban J connectivity index is 4.10. The molecule has 0 aromatic carbocycles. The van der Waals surface area contributed by atoms with Crippen molar-refractivity contribution in [3.05, 3.63) is 0 Å². The van der Waals surface area contributed by atoms with Gasteiger partial charge in [0.05, 0.1) is 0 Å². The lowest BCUT2D eigenvalue weighted by Gasteiger charge is -2.35. The molecule has 0 N–H and O–H groups in total. The van der Waals surface area contributed by atoms with Crippen molar-refractivity contribution < 1.29 is 0 Å². The predicted octanol–water partition coefficient (Wildman–Crippen LogP) is 3.74. The zero-order chi connectivity index (χ0) is 8.41. The van der Waals surface area contributed by atoms with E-state index in [0.717, 1.165) is 0 Å². The minimum Gasteiger partial charge on any atom is -0.185 e. The molecule has 0 aromatic heterocycles. The van der Waals surface area contributed by atoms with Crippen molar-refractivity contribution in [2.75, 3.05) is 5.75 Å². The van der Waals surface area contributed by atoms with Gasteiger partial charge in [-0.3, -0.25) is 0 Å². The van der Waals surface area contributed by atoms with E-state index in [4.69, 9.17) is 0 Å². The Morgan fingerprint density at radius 3 is 1.70 bits per heavy atom. The fourth-order valence-corrected chi connectivity index (χ4v) is 5.20. The van der Waals surface area contributed by atoms with Crippen LogP contribution in [0.1, 0.15) is 27.7 Å². The highest BCUT2D eigenvalue weighted by atomic mass is 32.4. The molecular formula is C8H20SSi. The highest BCUT2D eigenvalue weighted by molar-refractivity contribution is 8.28. The van der Waals surface area contributed by atoms with Crippen LogP contribution in [0.15, 0.2) is 0 Å². The number of hydrogen-bond donors (Lipinski definition) is 0. The molecule has 0 heterocycles. The molecule has 0 unspecified atom stereocenters. The molecule has 10 heavy (non-hydrogen) atoms. The minimum absolute atomic E-state index is 0.549. The summed E-state index contributed by atoms with van der Waals surface area (Å²) in [5, 5.41) is 0.549. The van der Waals surface area contributed by atoms with Crippen molar-refractivity contribution >= 4 is 18.4 Å². The Morgan fingerprint density at radius 2 is 1.60 bits per heavy atom. The summed E-state index contributed by atoms with van der Waals surface area (Å²) in [5.74, 6) is 1.27. The molecule has 0 aliphatic rings. The highest BCUT2D eigenvalue weighted by Crippen LogP contribution is 2.42. The topological polar surface area (TPSA) is 0 Å². The molecule has 0 aliphatic carbocycles. The summed E-state index contributed by atoms with van der Waals surface area (Å²) in [7, 11) is -0.988. The monoisotopic (exact) mass is 176 g/mol. The maximum absolute atomic E-state index is 2.46. The smallest absolute Gasteiger partial charge is 0.116 e. The van der Waals surface area contributed by atoms with Gasteiger partial charge < -0.3 is 0 Å².